The van der Waals surface area contributed by atoms with E-state index in [2.05, 4.69) is 15.8 Å². The fourth-order valence-corrected chi connectivity index (χ4v) is 4.54. The average Bonchev–Trinajstić information content (AvgIpc) is 3.27. The molecule has 1 amide bonds. The maximum atomic E-state index is 13.4. The summed E-state index contributed by atoms with van der Waals surface area (Å²) in [7, 11) is 0. The zero-order valence-corrected chi connectivity index (χ0v) is 18.5. The van der Waals surface area contributed by atoms with Gasteiger partial charge in [0.05, 0.1) is 17.1 Å². The summed E-state index contributed by atoms with van der Waals surface area (Å²) >= 11 is 6.48. The van der Waals surface area contributed by atoms with E-state index in [0.717, 1.165) is 23.7 Å². The van der Waals surface area contributed by atoms with Crippen LogP contribution < -0.4 is 16.2 Å². The first-order chi connectivity index (χ1) is 14.2. The Kier molecular flexibility index (Phi) is 5.36. The van der Waals surface area contributed by atoms with Crippen LogP contribution in [0, 0.1) is 6.92 Å². The number of halogens is 1. The van der Waals surface area contributed by atoms with Crippen LogP contribution in [0.5, 0.6) is 0 Å². The first-order valence-corrected chi connectivity index (χ1v) is 10.7. The lowest BCUT2D eigenvalue weighted by Gasteiger charge is -2.21. The lowest BCUT2D eigenvalue weighted by atomic mass is 10.1. The molecule has 2 atom stereocenters. The second-order valence-corrected chi connectivity index (χ2v) is 9.51. The number of amides is 1. The molecule has 1 fully saturated rings. The first kappa shape index (κ1) is 20.9. The normalized spacial score (nSPS) is 19.6. The van der Waals surface area contributed by atoms with E-state index < -0.39 is 0 Å². The van der Waals surface area contributed by atoms with E-state index in [0.29, 0.717) is 28.1 Å². The van der Waals surface area contributed by atoms with Gasteiger partial charge < -0.3 is 19.7 Å². The van der Waals surface area contributed by atoms with Crippen LogP contribution in [0.4, 0.5) is 0 Å². The van der Waals surface area contributed by atoms with Gasteiger partial charge in [0.1, 0.15) is 16.7 Å². The molecule has 160 valence electrons. The van der Waals surface area contributed by atoms with Crippen molar-refractivity contribution in [2.75, 3.05) is 6.54 Å². The van der Waals surface area contributed by atoms with E-state index >= 15 is 0 Å². The third-order valence-electron chi connectivity index (χ3n) is 5.70. The molecule has 1 aliphatic rings. The Morgan fingerprint density at radius 1 is 1.30 bits per heavy atom. The topological polar surface area (TPSA) is 89.2 Å². The predicted molar refractivity (Wildman–Crippen MR) is 118 cm³/mol. The summed E-state index contributed by atoms with van der Waals surface area (Å²) in [5.74, 6) is 0.461. The molecule has 0 spiro atoms. The van der Waals surface area contributed by atoms with Crippen LogP contribution in [-0.4, -0.2) is 33.8 Å². The zero-order chi connectivity index (χ0) is 21.6. The Morgan fingerprint density at radius 2 is 2.07 bits per heavy atom. The number of carbonyl (C=O) groups excluding carboxylic acids is 1. The number of benzene rings is 1. The second kappa shape index (κ2) is 7.71. The van der Waals surface area contributed by atoms with E-state index in [-0.39, 0.29) is 35.6 Å². The van der Waals surface area contributed by atoms with E-state index in [9.17, 15) is 9.59 Å². The molecule has 1 saturated carbocycles. The van der Waals surface area contributed by atoms with Gasteiger partial charge in [-0.05, 0) is 59.1 Å². The van der Waals surface area contributed by atoms with Crippen LogP contribution >= 0.6 is 11.6 Å². The van der Waals surface area contributed by atoms with Gasteiger partial charge in [0, 0.05) is 23.0 Å². The maximum absolute atomic E-state index is 13.4. The molecule has 0 saturated heterocycles. The molecule has 3 aromatic rings. The van der Waals surface area contributed by atoms with Crippen molar-refractivity contribution in [1.82, 2.24) is 20.4 Å². The van der Waals surface area contributed by atoms with E-state index in [4.69, 9.17) is 16.1 Å². The summed E-state index contributed by atoms with van der Waals surface area (Å²) < 4.78 is 7.13. The molecule has 2 N–H and O–H groups in total. The Balaban J connectivity index is 1.65. The number of fused-ring (bicyclic) bond motifs is 3. The number of hydrogen-bond donors (Lipinski definition) is 2. The largest absolute Gasteiger partial charge is 0.360 e. The standard InChI is InChI=1S/C22H27ClN4O3/c1-12-18-20(26-30-12)19-15(23)6-5-7-16(19)27(21(18)29)14-9-8-13(10-14)25-17(28)11-24-22(2,3)4/h5-7,13-14,24H,8-11H2,1-4H3,(H,25,28). The van der Waals surface area contributed by atoms with E-state index in [1.807, 2.05) is 37.5 Å². The summed E-state index contributed by atoms with van der Waals surface area (Å²) in [5.41, 5.74) is 1.02. The minimum atomic E-state index is -0.120. The van der Waals surface area contributed by atoms with Gasteiger partial charge in [0.25, 0.3) is 5.56 Å². The molecule has 8 heteroatoms. The second-order valence-electron chi connectivity index (χ2n) is 9.11. The number of rotatable bonds is 4. The third-order valence-corrected chi connectivity index (χ3v) is 6.01. The van der Waals surface area contributed by atoms with Gasteiger partial charge in [0.2, 0.25) is 5.91 Å². The predicted octanol–water partition coefficient (Wildman–Crippen LogP) is 3.70. The Bertz CT molecular complexity index is 1180. The van der Waals surface area contributed by atoms with Gasteiger partial charge in [-0.25, -0.2) is 0 Å². The third kappa shape index (κ3) is 3.84. The summed E-state index contributed by atoms with van der Waals surface area (Å²) in [5, 5.41) is 12.1. The lowest BCUT2D eigenvalue weighted by molar-refractivity contribution is -0.121. The molecule has 2 heterocycles. The molecular formula is C22H27ClN4O3. The SMILES string of the molecule is Cc1onc2c1c(=O)n(C1CCC(NC(=O)CNC(C)(C)C)C1)c1cccc(Cl)c21. The van der Waals surface area contributed by atoms with Gasteiger partial charge in [-0.3, -0.25) is 9.59 Å². The molecule has 0 radical (unpaired) electrons. The number of nitrogens with zero attached hydrogens (tertiary/aromatic N) is 2. The molecular weight excluding hydrogens is 404 g/mol. The molecule has 1 aromatic carbocycles. The molecule has 30 heavy (non-hydrogen) atoms. The van der Waals surface area contributed by atoms with E-state index in [1.165, 1.54) is 0 Å². The van der Waals surface area contributed by atoms with Crippen LogP contribution in [0.1, 0.15) is 51.8 Å². The highest BCUT2D eigenvalue weighted by Gasteiger charge is 2.30. The molecule has 2 aromatic heterocycles. The smallest absolute Gasteiger partial charge is 0.264 e. The van der Waals surface area contributed by atoms with Crippen LogP contribution in [0.15, 0.2) is 27.5 Å². The highest BCUT2D eigenvalue weighted by Crippen LogP contribution is 2.36. The number of hydrogen-bond acceptors (Lipinski definition) is 5. The Morgan fingerprint density at radius 3 is 2.80 bits per heavy atom. The molecule has 4 rings (SSSR count). The number of aryl methyl sites for hydroxylation is 1. The van der Waals surface area contributed by atoms with Crippen molar-refractivity contribution < 1.29 is 9.32 Å². The van der Waals surface area contributed by atoms with Crippen molar-refractivity contribution in [3.05, 3.63) is 39.3 Å². The maximum Gasteiger partial charge on any atom is 0.264 e. The fraction of sp³-hybridized carbons (Fsp3) is 0.500. The quantitative estimate of drug-likeness (QED) is 0.658. The van der Waals surface area contributed by atoms with E-state index in [1.54, 1.807) is 13.0 Å². The molecule has 7 nitrogen and oxygen atoms in total. The fourth-order valence-electron chi connectivity index (χ4n) is 4.28. The minimum absolute atomic E-state index is 0.0267. The molecule has 0 aliphatic heterocycles. The van der Waals surface area contributed by atoms with Crippen LogP contribution in [0.25, 0.3) is 21.8 Å². The number of nitrogens with one attached hydrogen (secondary N) is 2. The van der Waals surface area contributed by atoms with Crippen LogP contribution in [-0.2, 0) is 4.79 Å². The molecule has 0 bridgehead atoms. The highest BCUT2D eigenvalue weighted by molar-refractivity contribution is 6.37. The van der Waals surface area contributed by atoms with Crippen molar-refractivity contribution in [3.63, 3.8) is 0 Å². The summed E-state index contributed by atoms with van der Waals surface area (Å²) in [4.78, 5) is 25.7. The average molecular weight is 431 g/mol. The van der Waals surface area contributed by atoms with Gasteiger partial charge in [0.15, 0.2) is 0 Å². The first-order valence-electron chi connectivity index (χ1n) is 10.3. The number of aromatic nitrogens is 2. The van der Waals surface area contributed by atoms with Crippen molar-refractivity contribution in [2.45, 2.75) is 64.6 Å². The number of carbonyl (C=O) groups is 1. The minimum Gasteiger partial charge on any atom is -0.360 e. The van der Waals surface area contributed by atoms with Gasteiger partial charge in [-0.15, -0.1) is 0 Å². The summed E-state index contributed by atoms with van der Waals surface area (Å²) in [6, 6.07) is 5.53. The van der Waals surface area contributed by atoms with Crippen molar-refractivity contribution >= 4 is 39.3 Å². The van der Waals surface area contributed by atoms with Crippen molar-refractivity contribution in [2.24, 2.45) is 0 Å². The highest BCUT2D eigenvalue weighted by atomic mass is 35.5. The van der Waals surface area contributed by atoms with Crippen LogP contribution in [0.3, 0.4) is 0 Å². The molecule has 1 aliphatic carbocycles. The van der Waals surface area contributed by atoms with Gasteiger partial charge in [-0.2, -0.15) is 0 Å². The van der Waals surface area contributed by atoms with Crippen molar-refractivity contribution in [1.29, 1.82) is 0 Å². The summed E-state index contributed by atoms with van der Waals surface area (Å²) in [6.07, 6.45) is 2.31. The van der Waals surface area contributed by atoms with Gasteiger partial charge >= 0.3 is 0 Å². The lowest BCUT2D eigenvalue weighted by Crippen LogP contribution is -2.45. The zero-order valence-electron chi connectivity index (χ0n) is 17.7. The molecule has 2 unspecified atom stereocenters. The number of pyridine rings is 1. The Hall–Kier alpha value is -2.38. The van der Waals surface area contributed by atoms with Crippen molar-refractivity contribution in [3.8, 4) is 0 Å². The summed E-state index contributed by atoms with van der Waals surface area (Å²) in [6.45, 7) is 8.09. The monoisotopic (exact) mass is 430 g/mol. The van der Waals surface area contributed by atoms with Crippen LogP contribution in [0.2, 0.25) is 5.02 Å². The Labute approximate surface area is 179 Å². The van der Waals surface area contributed by atoms with Gasteiger partial charge in [-0.1, -0.05) is 22.8 Å².